The summed E-state index contributed by atoms with van der Waals surface area (Å²) >= 11 is 0. The summed E-state index contributed by atoms with van der Waals surface area (Å²) in [7, 11) is -2.84. The second-order valence-corrected chi connectivity index (χ2v) is 8.27. The van der Waals surface area contributed by atoms with Crippen molar-refractivity contribution in [2.24, 2.45) is 0 Å². The molecule has 1 saturated heterocycles. The van der Waals surface area contributed by atoms with Gasteiger partial charge in [0, 0.05) is 12.7 Å². The van der Waals surface area contributed by atoms with Crippen molar-refractivity contribution in [1.82, 2.24) is 5.32 Å². The number of aliphatic hydroxyl groups excluding tert-OH is 3. The van der Waals surface area contributed by atoms with Crippen LogP contribution in [0.15, 0.2) is 18.2 Å². The molecule has 1 heterocycles. The molecule has 0 unspecified atom stereocenters. The van der Waals surface area contributed by atoms with Gasteiger partial charge >= 0.3 is 13.6 Å². The van der Waals surface area contributed by atoms with Crippen LogP contribution >= 0.6 is 7.60 Å². The zero-order valence-corrected chi connectivity index (χ0v) is 16.2. The molecule has 1 aliphatic heterocycles. The molecule has 1 aliphatic rings. The third-order valence-corrected chi connectivity index (χ3v) is 5.14. The predicted molar refractivity (Wildman–Crippen MR) is 98.1 cm³/mol. The van der Waals surface area contributed by atoms with Gasteiger partial charge in [0.05, 0.1) is 12.3 Å². The van der Waals surface area contributed by atoms with Gasteiger partial charge in [0.2, 0.25) is 6.29 Å². The molecule has 1 aromatic rings. The smallest absolute Gasteiger partial charge is 0.325 e. The minimum absolute atomic E-state index is 0.233. The van der Waals surface area contributed by atoms with Crippen LogP contribution in [0.2, 0.25) is 0 Å². The summed E-state index contributed by atoms with van der Waals surface area (Å²) in [5, 5.41) is 35.1. The first-order chi connectivity index (χ1) is 13.0. The van der Waals surface area contributed by atoms with Gasteiger partial charge < -0.3 is 45.2 Å². The average molecular weight is 420 g/mol. The van der Waals surface area contributed by atoms with E-state index in [-0.39, 0.29) is 12.2 Å². The molecule has 1 fully saturated rings. The molecule has 1 aromatic carbocycles. The van der Waals surface area contributed by atoms with E-state index in [0.29, 0.717) is 11.3 Å². The van der Waals surface area contributed by atoms with Gasteiger partial charge in [-0.15, -0.1) is 0 Å². The van der Waals surface area contributed by atoms with Gasteiger partial charge in [-0.3, -0.25) is 4.57 Å². The van der Waals surface area contributed by atoms with Crippen LogP contribution in [-0.4, -0.2) is 75.1 Å². The predicted octanol–water partition coefficient (Wildman–Crippen LogP) is -0.499. The number of nitrogens with one attached hydrogen (secondary N) is 2. The molecule has 2 rings (SSSR count). The third-order valence-electron chi connectivity index (χ3n) is 4.30. The normalized spacial score (nSPS) is 27.9. The SMILES string of the molecule is CNC(=O)Nc1ccc(O[C@H]2O[C@H](CCP(=O)(O)O)[C@@H](O)[C@H](O)[C@@H]2O)cc1C. The molecule has 0 aromatic heterocycles. The van der Waals surface area contributed by atoms with E-state index >= 15 is 0 Å². The Bertz CT molecular complexity index is 741. The molecule has 2 amide bonds. The van der Waals surface area contributed by atoms with Gasteiger partial charge in [0.15, 0.2) is 0 Å². The molecule has 28 heavy (non-hydrogen) atoms. The Morgan fingerprint density at radius 2 is 1.89 bits per heavy atom. The number of amides is 2. The molecular formula is C16H25N2O9P. The maximum atomic E-state index is 11.4. The number of rotatable bonds is 6. The first kappa shape index (κ1) is 22.6. The largest absolute Gasteiger partial charge is 0.462 e. The van der Waals surface area contributed by atoms with Crippen molar-refractivity contribution in [2.75, 3.05) is 18.5 Å². The van der Waals surface area contributed by atoms with Crippen LogP contribution < -0.4 is 15.4 Å². The molecule has 11 nitrogen and oxygen atoms in total. The molecule has 158 valence electrons. The van der Waals surface area contributed by atoms with Crippen molar-refractivity contribution in [3.05, 3.63) is 23.8 Å². The second kappa shape index (κ2) is 9.19. The number of hydrogen-bond donors (Lipinski definition) is 7. The fourth-order valence-electron chi connectivity index (χ4n) is 2.72. The van der Waals surface area contributed by atoms with E-state index in [0.717, 1.165) is 0 Å². The number of aryl methyl sites for hydroxylation is 1. The average Bonchev–Trinajstić information content (AvgIpc) is 2.62. The standard InChI is InChI=1S/C16H25N2O9P/c1-8-7-9(3-4-10(8)18-16(22)17-2)26-15-14(21)13(20)12(19)11(27-15)5-6-28(23,24)25/h3-4,7,11-15,19-21H,5-6H2,1-2H3,(H2,17,18,22)(H2,23,24,25)/t11-,12-,13+,14+,15+/m1/s1. The van der Waals surface area contributed by atoms with E-state index in [9.17, 15) is 24.7 Å². The topological polar surface area (TPSA) is 178 Å². The minimum Gasteiger partial charge on any atom is -0.462 e. The van der Waals surface area contributed by atoms with Crippen LogP contribution in [0, 0.1) is 6.92 Å². The van der Waals surface area contributed by atoms with Crippen LogP contribution in [0.4, 0.5) is 10.5 Å². The number of urea groups is 1. The quantitative estimate of drug-likeness (QED) is 0.299. The Kier molecular flexibility index (Phi) is 7.40. The number of hydrogen-bond acceptors (Lipinski definition) is 7. The maximum absolute atomic E-state index is 11.4. The molecule has 12 heteroatoms. The summed E-state index contributed by atoms with van der Waals surface area (Å²) in [6.45, 7) is 1.72. The van der Waals surface area contributed by atoms with Crippen molar-refractivity contribution in [3.63, 3.8) is 0 Å². The van der Waals surface area contributed by atoms with E-state index < -0.39 is 50.5 Å². The first-order valence-electron chi connectivity index (χ1n) is 8.52. The second-order valence-electron chi connectivity index (χ2n) is 6.49. The first-order valence-corrected chi connectivity index (χ1v) is 10.3. The van der Waals surface area contributed by atoms with Gasteiger partial charge in [-0.1, -0.05) is 0 Å². The maximum Gasteiger partial charge on any atom is 0.325 e. The Morgan fingerprint density at radius 3 is 2.46 bits per heavy atom. The van der Waals surface area contributed by atoms with Gasteiger partial charge in [0.25, 0.3) is 0 Å². The van der Waals surface area contributed by atoms with Crippen molar-refractivity contribution >= 4 is 19.3 Å². The van der Waals surface area contributed by atoms with Crippen LogP contribution in [0.5, 0.6) is 5.75 Å². The summed E-state index contributed by atoms with van der Waals surface area (Å²) in [6.07, 6.45) is -8.00. The van der Waals surface area contributed by atoms with Gasteiger partial charge in [-0.2, -0.15) is 0 Å². The molecule has 5 atom stereocenters. The number of anilines is 1. The summed E-state index contributed by atoms with van der Waals surface area (Å²) in [5.41, 5.74) is 1.19. The molecule has 0 saturated carbocycles. The highest BCUT2D eigenvalue weighted by molar-refractivity contribution is 7.51. The number of benzene rings is 1. The van der Waals surface area contributed by atoms with Crippen molar-refractivity contribution in [3.8, 4) is 5.75 Å². The highest BCUT2D eigenvalue weighted by Crippen LogP contribution is 2.37. The number of carbonyl (C=O) groups is 1. The summed E-state index contributed by atoms with van der Waals surface area (Å²) in [6, 6.07) is 4.26. The van der Waals surface area contributed by atoms with E-state index in [1.54, 1.807) is 19.1 Å². The number of ether oxygens (including phenoxy) is 2. The summed E-state index contributed by atoms with van der Waals surface area (Å²) < 4.78 is 22.0. The lowest BCUT2D eigenvalue weighted by Gasteiger charge is -2.40. The van der Waals surface area contributed by atoms with E-state index in [4.69, 9.17) is 19.3 Å². The molecule has 0 radical (unpaired) electrons. The van der Waals surface area contributed by atoms with Crippen molar-refractivity contribution in [2.45, 2.75) is 44.1 Å². The van der Waals surface area contributed by atoms with E-state index in [2.05, 4.69) is 10.6 Å². The lowest BCUT2D eigenvalue weighted by molar-refractivity contribution is -0.272. The molecule has 7 N–H and O–H groups in total. The van der Waals surface area contributed by atoms with Gasteiger partial charge in [-0.25, -0.2) is 4.79 Å². The molecule has 0 aliphatic carbocycles. The minimum atomic E-state index is -4.32. The zero-order valence-electron chi connectivity index (χ0n) is 15.3. The molecule has 0 bridgehead atoms. The Labute approximate surface area is 161 Å². The number of carbonyl (C=O) groups excluding carboxylic acids is 1. The lowest BCUT2D eigenvalue weighted by Crippen LogP contribution is -2.59. The van der Waals surface area contributed by atoms with Crippen LogP contribution in [0.25, 0.3) is 0 Å². The fraction of sp³-hybridized carbons (Fsp3) is 0.562. The third kappa shape index (κ3) is 5.89. The highest BCUT2D eigenvalue weighted by atomic mass is 31.2. The number of aliphatic hydroxyl groups is 3. The molecule has 0 spiro atoms. The Balaban J connectivity index is 2.09. The van der Waals surface area contributed by atoms with Crippen LogP contribution in [0.3, 0.4) is 0 Å². The van der Waals surface area contributed by atoms with Crippen LogP contribution in [0.1, 0.15) is 12.0 Å². The van der Waals surface area contributed by atoms with E-state index in [1.807, 2.05) is 0 Å². The zero-order chi connectivity index (χ0) is 21.1. The van der Waals surface area contributed by atoms with Crippen LogP contribution in [-0.2, 0) is 9.30 Å². The lowest BCUT2D eigenvalue weighted by atomic mass is 9.97. The highest BCUT2D eigenvalue weighted by Gasteiger charge is 2.45. The van der Waals surface area contributed by atoms with Crippen molar-refractivity contribution in [1.29, 1.82) is 0 Å². The van der Waals surface area contributed by atoms with Gasteiger partial charge in [0.1, 0.15) is 24.1 Å². The Morgan fingerprint density at radius 1 is 1.21 bits per heavy atom. The van der Waals surface area contributed by atoms with E-state index in [1.165, 1.54) is 13.1 Å². The van der Waals surface area contributed by atoms with Crippen molar-refractivity contribution < 1.29 is 43.9 Å². The Hall–Kier alpha value is -1.72. The summed E-state index contributed by atoms with van der Waals surface area (Å²) in [5.74, 6) is 0.265. The van der Waals surface area contributed by atoms with Gasteiger partial charge in [-0.05, 0) is 37.1 Å². The fourth-order valence-corrected chi connectivity index (χ4v) is 3.31. The molecular weight excluding hydrogens is 395 g/mol. The summed E-state index contributed by atoms with van der Waals surface area (Å²) in [4.78, 5) is 29.4. The monoisotopic (exact) mass is 420 g/mol.